The lowest BCUT2D eigenvalue weighted by atomic mass is 9.95. The van der Waals surface area contributed by atoms with E-state index < -0.39 is 0 Å². The number of benzene rings is 1. The number of aromatic amines is 1. The first-order valence-corrected chi connectivity index (χ1v) is 8.24. The number of hydrogen-bond donors (Lipinski definition) is 3. The molecule has 1 aromatic carbocycles. The third-order valence-corrected chi connectivity index (χ3v) is 5.00. The van der Waals surface area contributed by atoms with Crippen molar-refractivity contribution in [3.05, 3.63) is 35.5 Å². The number of amides is 1. The molecule has 0 bridgehead atoms. The molecule has 1 aliphatic rings. The zero-order chi connectivity index (χ0) is 15.5. The number of aromatic nitrogens is 1. The van der Waals surface area contributed by atoms with E-state index in [0.717, 1.165) is 25.7 Å². The zero-order valence-electron chi connectivity index (χ0n) is 13.6. The molecule has 0 radical (unpaired) electrons. The second kappa shape index (κ2) is 7.84. The van der Waals surface area contributed by atoms with E-state index in [1.165, 1.54) is 22.2 Å². The molecule has 126 valence electrons. The van der Waals surface area contributed by atoms with Crippen molar-refractivity contribution in [2.75, 3.05) is 13.1 Å². The Hall–Kier alpha value is -1.52. The van der Waals surface area contributed by atoms with Crippen LogP contribution in [0.15, 0.2) is 24.3 Å². The number of nitrogens with two attached hydrogens (primary N) is 1. The van der Waals surface area contributed by atoms with Gasteiger partial charge in [-0.2, -0.15) is 0 Å². The Bertz CT molecular complexity index is 667. The zero-order valence-corrected chi connectivity index (χ0v) is 14.4. The Morgan fingerprint density at radius 2 is 2.13 bits per heavy atom. The van der Waals surface area contributed by atoms with Crippen LogP contribution in [0.2, 0.25) is 0 Å². The molecule has 5 heteroatoms. The van der Waals surface area contributed by atoms with Crippen LogP contribution in [-0.2, 0) is 11.2 Å². The Morgan fingerprint density at radius 1 is 1.35 bits per heavy atom. The van der Waals surface area contributed by atoms with Crippen LogP contribution in [0.4, 0.5) is 0 Å². The molecule has 0 unspecified atom stereocenters. The molecule has 1 heterocycles. The summed E-state index contributed by atoms with van der Waals surface area (Å²) >= 11 is 0. The second-order valence-corrected chi connectivity index (χ2v) is 6.35. The number of fused-ring (bicyclic) bond motifs is 1. The molecule has 3 rings (SSSR count). The van der Waals surface area contributed by atoms with Crippen LogP contribution in [-0.4, -0.2) is 24.0 Å². The first-order valence-electron chi connectivity index (χ1n) is 8.24. The molecule has 1 fully saturated rings. The van der Waals surface area contributed by atoms with Crippen LogP contribution < -0.4 is 11.1 Å². The molecule has 0 aliphatic heterocycles. The Kier molecular flexibility index (Phi) is 6.08. The van der Waals surface area contributed by atoms with Gasteiger partial charge in [0.15, 0.2) is 0 Å². The van der Waals surface area contributed by atoms with Crippen molar-refractivity contribution in [3.8, 4) is 0 Å². The molecule has 1 aliphatic carbocycles. The van der Waals surface area contributed by atoms with E-state index in [-0.39, 0.29) is 24.2 Å². The third kappa shape index (κ3) is 3.70. The summed E-state index contributed by atoms with van der Waals surface area (Å²) in [5.41, 5.74) is 9.43. The predicted molar refractivity (Wildman–Crippen MR) is 96.9 cm³/mol. The van der Waals surface area contributed by atoms with Gasteiger partial charge in [0.2, 0.25) is 5.91 Å². The molecule has 4 nitrogen and oxygen atoms in total. The molecule has 1 amide bonds. The fourth-order valence-electron chi connectivity index (χ4n) is 3.76. The number of H-pyrrole nitrogens is 1. The van der Waals surface area contributed by atoms with Crippen molar-refractivity contribution in [3.63, 3.8) is 0 Å². The van der Waals surface area contributed by atoms with Gasteiger partial charge >= 0.3 is 0 Å². The highest BCUT2D eigenvalue weighted by atomic mass is 35.5. The number of aryl methyl sites for hydroxylation is 1. The Labute approximate surface area is 143 Å². The highest BCUT2D eigenvalue weighted by Crippen LogP contribution is 2.31. The Balaban J connectivity index is 0.00000192. The minimum absolute atomic E-state index is 0. The monoisotopic (exact) mass is 335 g/mol. The van der Waals surface area contributed by atoms with Gasteiger partial charge in [-0.15, -0.1) is 12.4 Å². The maximum Gasteiger partial charge on any atom is 0.223 e. The highest BCUT2D eigenvalue weighted by Gasteiger charge is 2.31. The number of halogens is 1. The van der Waals surface area contributed by atoms with Crippen LogP contribution in [0.25, 0.3) is 10.9 Å². The summed E-state index contributed by atoms with van der Waals surface area (Å²) in [6.45, 7) is 3.41. The summed E-state index contributed by atoms with van der Waals surface area (Å²) in [5, 5.41) is 4.37. The molecular weight excluding hydrogens is 310 g/mol. The summed E-state index contributed by atoms with van der Waals surface area (Å²) < 4.78 is 0. The predicted octanol–water partition coefficient (Wildman–Crippen LogP) is 2.93. The maximum atomic E-state index is 12.3. The van der Waals surface area contributed by atoms with Crippen molar-refractivity contribution in [2.45, 2.75) is 32.6 Å². The topological polar surface area (TPSA) is 70.9 Å². The number of rotatable bonds is 5. The first-order chi connectivity index (χ1) is 10.7. The fourth-order valence-corrected chi connectivity index (χ4v) is 3.76. The summed E-state index contributed by atoms with van der Waals surface area (Å²) in [6, 6.07) is 8.32. The van der Waals surface area contributed by atoms with Gasteiger partial charge in [-0.25, -0.2) is 0 Å². The van der Waals surface area contributed by atoms with E-state index in [2.05, 4.69) is 35.4 Å². The quantitative estimate of drug-likeness (QED) is 0.786. The average molecular weight is 336 g/mol. The van der Waals surface area contributed by atoms with Crippen LogP contribution in [0.5, 0.6) is 0 Å². The maximum absolute atomic E-state index is 12.3. The van der Waals surface area contributed by atoms with Crippen LogP contribution in [0.3, 0.4) is 0 Å². The fraction of sp³-hybridized carbons (Fsp3) is 0.500. The molecule has 2 atom stereocenters. The van der Waals surface area contributed by atoms with E-state index in [1.807, 2.05) is 6.07 Å². The molecule has 1 aromatic heterocycles. The van der Waals surface area contributed by atoms with Crippen molar-refractivity contribution in [2.24, 2.45) is 17.6 Å². The van der Waals surface area contributed by atoms with Crippen molar-refractivity contribution < 1.29 is 4.79 Å². The third-order valence-electron chi connectivity index (χ3n) is 5.00. The molecule has 2 aromatic rings. The van der Waals surface area contributed by atoms with Crippen LogP contribution in [0, 0.1) is 18.8 Å². The SMILES string of the molecule is Cc1[nH]c2ccccc2c1CCNC(=O)[C@@H]1CCC[C@@H]1CN.Cl. The van der Waals surface area contributed by atoms with Gasteiger partial charge in [-0.3, -0.25) is 4.79 Å². The minimum atomic E-state index is 0. The van der Waals surface area contributed by atoms with Gasteiger partial charge < -0.3 is 16.0 Å². The van der Waals surface area contributed by atoms with Crippen molar-refractivity contribution in [1.29, 1.82) is 0 Å². The number of carbonyl (C=O) groups excluding carboxylic acids is 1. The van der Waals surface area contributed by atoms with E-state index in [1.54, 1.807) is 0 Å². The number of hydrogen-bond acceptors (Lipinski definition) is 2. The van der Waals surface area contributed by atoms with Crippen LogP contribution in [0.1, 0.15) is 30.5 Å². The molecule has 0 saturated heterocycles. The van der Waals surface area contributed by atoms with Gasteiger partial charge in [0.25, 0.3) is 0 Å². The second-order valence-electron chi connectivity index (χ2n) is 6.35. The standard InChI is InChI=1S/C18H25N3O.ClH/c1-12-14(16-6-2-3-8-17(16)21-12)9-10-20-18(22)15-7-4-5-13(15)11-19;/h2-3,6,8,13,15,21H,4-5,7,9-11,19H2,1H3,(H,20,22);1H/t13-,15-;/m1./s1. The summed E-state index contributed by atoms with van der Waals surface area (Å²) in [5.74, 6) is 0.675. The first kappa shape index (κ1) is 17.8. The lowest BCUT2D eigenvalue weighted by molar-refractivity contribution is -0.125. The number of nitrogens with one attached hydrogen (secondary N) is 2. The number of carbonyl (C=O) groups is 1. The van der Waals surface area contributed by atoms with Crippen molar-refractivity contribution >= 4 is 29.2 Å². The minimum Gasteiger partial charge on any atom is -0.358 e. The lowest BCUT2D eigenvalue weighted by Crippen LogP contribution is -2.36. The smallest absolute Gasteiger partial charge is 0.223 e. The van der Waals surface area contributed by atoms with Gasteiger partial charge in [0.05, 0.1) is 0 Å². The highest BCUT2D eigenvalue weighted by molar-refractivity contribution is 5.85. The lowest BCUT2D eigenvalue weighted by Gasteiger charge is -2.17. The van der Waals surface area contributed by atoms with Gasteiger partial charge in [0, 0.05) is 29.1 Å². The van der Waals surface area contributed by atoms with Gasteiger partial charge in [0.1, 0.15) is 0 Å². The van der Waals surface area contributed by atoms with E-state index in [0.29, 0.717) is 19.0 Å². The molecule has 0 spiro atoms. The largest absolute Gasteiger partial charge is 0.358 e. The van der Waals surface area contributed by atoms with E-state index >= 15 is 0 Å². The normalized spacial score (nSPS) is 20.4. The summed E-state index contributed by atoms with van der Waals surface area (Å²) in [7, 11) is 0. The summed E-state index contributed by atoms with van der Waals surface area (Å²) in [6.07, 6.45) is 4.07. The Morgan fingerprint density at radius 3 is 2.91 bits per heavy atom. The van der Waals surface area contributed by atoms with Gasteiger partial charge in [-0.05, 0) is 50.3 Å². The number of para-hydroxylation sites is 1. The summed E-state index contributed by atoms with van der Waals surface area (Å²) in [4.78, 5) is 15.7. The van der Waals surface area contributed by atoms with E-state index in [9.17, 15) is 4.79 Å². The molecular formula is C18H26ClN3O. The molecule has 1 saturated carbocycles. The van der Waals surface area contributed by atoms with Gasteiger partial charge in [-0.1, -0.05) is 24.6 Å². The molecule has 23 heavy (non-hydrogen) atoms. The van der Waals surface area contributed by atoms with Crippen molar-refractivity contribution in [1.82, 2.24) is 10.3 Å². The molecule has 4 N–H and O–H groups in total. The van der Waals surface area contributed by atoms with E-state index in [4.69, 9.17) is 5.73 Å². The van der Waals surface area contributed by atoms with Crippen LogP contribution >= 0.6 is 12.4 Å². The average Bonchev–Trinajstić information content (AvgIpc) is 3.11.